The molecule has 0 aliphatic heterocycles. The van der Waals surface area contributed by atoms with Crippen LogP contribution >= 0.6 is 0 Å². The average Bonchev–Trinajstić information content (AvgIpc) is 2.38. The highest BCUT2D eigenvalue weighted by Gasteiger charge is 2.18. The summed E-state index contributed by atoms with van der Waals surface area (Å²) < 4.78 is 12.6. The average molecular weight is 291 g/mol. The Morgan fingerprint density at radius 3 is 2.65 bits per heavy atom. The van der Waals surface area contributed by atoms with Crippen molar-refractivity contribution in [1.29, 1.82) is 0 Å². The van der Waals surface area contributed by atoms with Gasteiger partial charge in [0.05, 0.1) is 16.4 Å². The summed E-state index contributed by atoms with van der Waals surface area (Å²) in [4.78, 5) is 32.1. The Morgan fingerprint density at radius 2 is 2.15 bits per heavy atom. The maximum atomic E-state index is 12.3. The van der Waals surface area contributed by atoms with E-state index in [1.165, 1.54) is 30.1 Å². The molecule has 104 valence electrons. The van der Waals surface area contributed by atoms with E-state index in [9.17, 15) is 13.8 Å². The van der Waals surface area contributed by atoms with Crippen molar-refractivity contribution in [2.24, 2.45) is 0 Å². The number of rotatable bonds is 3. The van der Waals surface area contributed by atoms with Crippen LogP contribution in [-0.4, -0.2) is 30.8 Å². The summed E-state index contributed by atoms with van der Waals surface area (Å²) >= 11 is 0. The van der Waals surface area contributed by atoms with Gasteiger partial charge in [-0.15, -0.1) is 0 Å². The molecule has 6 nitrogen and oxygen atoms in total. The third-order valence-electron chi connectivity index (χ3n) is 2.98. The second kappa shape index (κ2) is 5.09. The first-order valence-corrected chi connectivity index (χ1v) is 7.33. The Balaban J connectivity index is 3.04. The smallest absolute Gasteiger partial charge is 0.267 e. The second-order valence-corrected chi connectivity index (χ2v) is 5.53. The topological polar surface area (TPSA) is 81.9 Å². The Hall–Kier alpha value is -2.15. The van der Waals surface area contributed by atoms with Gasteiger partial charge in [0.2, 0.25) is 5.16 Å². The number of aromatic nitrogens is 3. The molecule has 0 aromatic carbocycles. The second-order valence-electron chi connectivity index (χ2n) is 4.26. The molecule has 0 spiro atoms. The first-order chi connectivity index (χ1) is 9.38. The summed E-state index contributed by atoms with van der Waals surface area (Å²) in [6.07, 6.45) is 4.21. The minimum Gasteiger partial charge on any atom is -0.294 e. The van der Waals surface area contributed by atoms with Crippen molar-refractivity contribution >= 4 is 33.8 Å². The third-order valence-corrected chi connectivity index (χ3v) is 3.69. The molecular formula is C13H13N3O3S. The van der Waals surface area contributed by atoms with Crippen molar-refractivity contribution in [2.45, 2.75) is 19.0 Å². The van der Waals surface area contributed by atoms with Crippen LogP contribution < -0.4 is 5.56 Å². The van der Waals surface area contributed by atoms with Crippen LogP contribution in [0.4, 0.5) is 0 Å². The normalized spacial score (nSPS) is 12.3. The number of carbonyl (C=O) groups excluding carboxylic acids is 1. The van der Waals surface area contributed by atoms with E-state index in [0.717, 1.165) is 0 Å². The Bertz CT molecular complexity index is 824. The van der Waals surface area contributed by atoms with E-state index >= 15 is 0 Å². The molecule has 1 atom stereocenters. The maximum absolute atomic E-state index is 12.3. The molecule has 0 aliphatic rings. The van der Waals surface area contributed by atoms with E-state index in [4.69, 9.17) is 0 Å². The van der Waals surface area contributed by atoms with Crippen LogP contribution in [0.1, 0.15) is 22.8 Å². The van der Waals surface area contributed by atoms with Crippen molar-refractivity contribution in [1.82, 2.24) is 14.5 Å². The van der Waals surface area contributed by atoms with E-state index in [-0.39, 0.29) is 16.5 Å². The van der Waals surface area contributed by atoms with Crippen molar-refractivity contribution in [3.63, 3.8) is 0 Å². The molecule has 0 bridgehead atoms. The highest BCUT2D eigenvalue weighted by atomic mass is 32.2. The molecule has 0 amide bonds. The minimum atomic E-state index is -1.36. The van der Waals surface area contributed by atoms with Crippen LogP contribution in [0.2, 0.25) is 0 Å². The summed E-state index contributed by atoms with van der Waals surface area (Å²) in [6.45, 7) is 6.56. The number of hydrogen-bond acceptors (Lipinski definition) is 5. The first kappa shape index (κ1) is 14.3. The van der Waals surface area contributed by atoms with Gasteiger partial charge in [-0.3, -0.25) is 18.4 Å². The van der Waals surface area contributed by atoms with Crippen LogP contribution in [0, 0.1) is 6.92 Å². The number of ketones is 1. The van der Waals surface area contributed by atoms with Crippen molar-refractivity contribution in [3.8, 4) is 0 Å². The van der Waals surface area contributed by atoms with Gasteiger partial charge >= 0.3 is 0 Å². The summed E-state index contributed by atoms with van der Waals surface area (Å²) in [5.41, 5.74) is 0.423. The SMILES string of the molecule is C=Cn1c(=O)c(C(C)=O)c(C)c2cnc(S(C)=O)nc21. The van der Waals surface area contributed by atoms with E-state index in [2.05, 4.69) is 16.5 Å². The predicted octanol–water partition coefficient (Wildman–Crippen LogP) is 1.14. The zero-order valence-electron chi connectivity index (χ0n) is 11.3. The number of Topliss-reactive ketones (excluding diaryl/α,β-unsaturated/α-hetero) is 1. The number of carbonyl (C=O) groups is 1. The highest BCUT2D eigenvalue weighted by molar-refractivity contribution is 7.84. The number of nitrogens with zero attached hydrogens (tertiary/aromatic N) is 3. The van der Waals surface area contributed by atoms with Gasteiger partial charge in [-0.1, -0.05) is 6.58 Å². The predicted molar refractivity (Wildman–Crippen MR) is 77.3 cm³/mol. The molecule has 2 rings (SSSR count). The molecule has 0 N–H and O–H groups in total. The Kier molecular flexibility index (Phi) is 3.63. The lowest BCUT2D eigenvalue weighted by molar-refractivity contribution is 0.101. The van der Waals surface area contributed by atoms with Crippen LogP contribution in [0.15, 0.2) is 22.7 Å². The van der Waals surface area contributed by atoms with Crippen LogP contribution in [-0.2, 0) is 10.8 Å². The van der Waals surface area contributed by atoms with E-state index < -0.39 is 16.4 Å². The van der Waals surface area contributed by atoms with Gasteiger partial charge in [0, 0.05) is 24.0 Å². The molecule has 7 heteroatoms. The lowest BCUT2D eigenvalue weighted by atomic mass is 10.0. The fraction of sp³-hybridized carbons (Fsp3) is 0.231. The summed E-state index contributed by atoms with van der Waals surface area (Å²) in [6, 6.07) is 0. The zero-order chi connectivity index (χ0) is 15.0. The standard InChI is InChI=1S/C13H13N3O3S/c1-5-16-11-9(6-14-13(15-11)20(4)19)7(2)10(8(3)17)12(16)18/h5-6H,1H2,2-4H3. The van der Waals surface area contributed by atoms with Crippen LogP contribution in [0.25, 0.3) is 17.2 Å². The fourth-order valence-electron chi connectivity index (χ4n) is 2.04. The lowest BCUT2D eigenvalue weighted by Gasteiger charge is -2.11. The summed E-state index contributed by atoms with van der Waals surface area (Å²) in [7, 11) is -1.36. The number of aryl methyl sites for hydroxylation is 1. The molecule has 0 fully saturated rings. The maximum Gasteiger partial charge on any atom is 0.267 e. The molecule has 20 heavy (non-hydrogen) atoms. The van der Waals surface area contributed by atoms with E-state index in [0.29, 0.717) is 16.6 Å². The number of hydrogen-bond donors (Lipinski definition) is 0. The summed E-state index contributed by atoms with van der Waals surface area (Å²) in [5, 5.41) is 0.686. The molecule has 0 aliphatic carbocycles. The van der Waals surface area contributed by atoms with Gasteiger partial charge in [-0.25, -0.2) is 9.97 Å². The highest BCUT2D eigenvalue weighted by Crippen LogP contribution is 2.18. The van der Waals surface area contributed by atoms with Crippen molar-refractivity contribution < 1.29 is 9.00 Å². The first-order valence-electron chi connectivity index (χ1n) is 5.77. The zero-order valence-corrected chi connectivity index (χ0v) is 12.2. The molecule has 2 aromatic heterocycles. The molecule has 0 radical (unpaired) electrons. The minimum absolute atomic E-state index is 0.0892. The molecule has 0 saturated heterocycles. The molecule has 2 heterocycles. The number of fused-ring (bicyclic) bond motifs is 1. The van der Waals surface area contributed by atoms with Gasteiger partial charge in [-0.05, 0) is 19.4 Å². The van der Waals surface area contributed by atoms with Gasteiger partial charge in [0.1, 0.15) is 0 Å². The van der Waals surface area contributed by atoms with Gasteiger partial charge in [0.15, 0.2) is 11.4 Å². The Labute approximate surface area is 117 Å². The molecule has 0 saturated carbocycles. The quantitative estimate of drug-likeness (QED) is 0.625. The molecule has 2 aromatic rings. The van der Waals surface area contributed by atoms with Gasteiger partial charge < -0.3 is 0 Å². The Morgan fingerprint density at radius 1 is 1.50 bits per heavy atom. The third kappa shape index (κ3) is 2.09. The van der Waals surface area contributed by atoms with Crippen LogP contribution in [0.5, 0.6) is 0 Å². The molecule has 1 unspecified atom stereocenters. The summed E-state index contributed by atoms with van der Waals surface area (Å²) in [5.74, 6) is -0.326. The van der Waals surface area contributed by atoms with E-state index in [1.807, 2.05) is 0 Å². The largest absolute Gasteiger partial charge is 0.294 e. The van der Waals surface area contributed by atoms with E-state index in [1.54, 1.807) is 6.92 Å². The fourth-order valence-corrected chi connectivity index (χ4v) is 2.46. The van der Waals surface area contributed by atoms with Crippen molar-refractivity contribution in [2.75, 3.05) is 6.26 Å². The lowest BCUT2D eigenvalue weighted by Crippen LogP contribution is -2.25. The molecular weight excluding hydrogens is 278 g/mol. The van der Waals surface area contributed by atoms with Crippen LogP contribution in [0.3, 0.4) is 0 Å². The van der Waals surface area contributed by atoms with Gasteiger partial charge in [0.25, 0.3) is 5.56 Å². The monoisotopic (exact) mass is 291 g/mol. The van der Waals surface area contributed by atoms with Crippen molar-refractivity contribution in [3.05, 3.63) is 34.3 Å². The van der Waals surface area contributed by atoms with Gasteiger partial charge in [-0.2, -0.15) is 0 Å². The number of pyridine rings is 1.